The standard InChI is InChI=1S/C15H20FNO2/c1-15(2,12-5-3-4-6-13(12)16)9-17-8-10-7-11(10)14(18)19/h3-6,10-11,17H,7-9H2,1-2H3,(H,18,19). The largest absolute Gasteiger partial charge is 0.481 e. The summed E-state index contributed by atoms with van der Waals surface area (Å²) in [6.45, 7) is 5.30. The maximum atomic E-state index is 13.7. The van der Waals surface area contributed by atoms with Crippen LogP contribution in [0.1, 0.15) is 25.8 Å². The highest BCUT2D eigenvalue weighted by Crippen LogP contribution is 2.38. The molecule has 2 atom stereocenters. The van der Waals surface area contributed by atoms with Crippen molar-refractivity contribution in [1.82, 2.24) is 5.32 Å². The van der Waals surface area contributed by atoms with E-state index in [1.54, 1.807) is 12.1 Å². The summed E-state index contributed by atoms with van der Waals surface area (Å²) in [7, 11) is 0. The predicted molar refractivity (Wildman–Crippen MR) is 71.5 cm³/mol. The van der Waals surface area contributed by atoms with Crippen molar-refractivity contribution in [3.63, 3.8) is 0 Å². The average molecular weight is 265 g/mol. The number of halogens is 1. The molecule has 0 bridgehead atoms. The smallest absolute Gasteiger partial charge is 0.306 e. The minimum absolute atomic E-state index is 0.191. The molecule has 2 unspecified atom stereocenters. The van der Waals surface area contributed by atoms with Gasteiger partial charge in [0.05, 0.1) is 5.92 Å². The number of benzene rings is 1. The number of hydrogen-bond donors (Lipinski definition) is 2. The summed E-state index contributed by atoms with van der Waals surface area (Å²) in [5, 5.41) is 12.1. The Hall–Kier alpha value is -1.42. The van der Waals surface area contributed by atoms with Crippen molar-refractivity contribution in [2.45, 2.75) is 25.7 Å². The maximum absolute atomic E-state index is 13.7. The van der Waals surface area contributed by atoms with Gasteiger partial charge in [-0.3, -0.25) is 4.79 Å². The number of carboxylic acids is 1. The zero-order valence-corrected chi connectivity index (χ0v) is 11.3. The van der Waals surface area contributed by atoms with E-state index in [4.69, 9.17) is 5.11 Å². The molecule has 1 aliphatic carbocycles. The second-order valence-electron chi connectivity index (χ2n) is 5.94. The third kappa shape index (κ3) is 3.32. The van der Waals surface area contributed by atoms with Gasteiger partial charge in [0.25, 0.3) is 0 Å². The van der Waals surface area contributed by atoms with Crippen molar-refractivity contribution in [1.29, 1.82) is 0 Å². The van der Waals surface area contributed by atoms with E-state index >= 15 is 0 Å². The fraction of sp³-hybridized carbons (Fsp3) is 0.533. The van der Waals surface area contributed by atoms with Gasteiger partial charge in [0.2, 0.25) is 0 Å². The third-order valence-corrected chi connectivity index (χ3v) is 3.82. The van der Waals surface area contributed by atoms with Crippen molar-refractivity contribution in [2.75, 3.05) is 13.1 Å². The third-order valence-electron chi connectivity index (χ3n) is 3.82. The summed E-state index contributed by atoms with van der Waals surface area (Å²) in [6.07, 6.45) is 0.752. The summed E-state index contributed by atoms with van der Waals surface area (Å²) in [4.78, 5) is 10.7. The zero-order valence-electron chi connectivity index (χ0n) is 11.3. The van der Waals surface area contributed by atoms with Crippen LogP contribution in [0, 0.1) is 17.7 Å². The van der Waals surface area contributed by atoms with Crippen LogP contribution in [0.25, 0.3) is 0 Å². The lowest BCUT2D eigenvalue weighted by Crippen LogP contribution is -2.35. The second-order valence-corrected chi connectivity index (χ2v) is 5.94. The first-order valence-corrected chi connectivity index (χ1v) is 6.60. The Morgan fingerprint density at radius 2 is 2.16 bits per heavy atom. The van der Waals surface area contributed by atoms with E-state index in [2.05, 4.69) is 5.32 Å². The van der Waals surface area contributed by atoms with Crippen LogP contribution in [0.4, 0.5) is 4.39 Å². The number of carboxylic acid groups (broad SMARTS) is 1. The molecule has 1 saturated carbocycles. The lowest BCUT2D eigenvalue weighted by atomic mass is 9.84. The highest BCUT2D eigenvalue weighted by atomic mass is 19.1. The first-order valence-electron chi connectivity index (χ1n) is 6.60. The Labute approximate surface area is 112 Å². The van der Waals surface area contributed by atoms with Gasteiger partial charge in [-0.05, 0) is 30.5 Å². The zero-order chi connectivity index (χ0) is 14.0. The number of nitrogens with one attached hydrogen (secondary N) is 1. The van der Waals surface area contributed by atoms with E-state index in [0.717, 1.165) is 6.42 Å². The molecule has 3 nitrogen and oxygen atoms in total. The van der Waals surface area contributed by atoms with Crippen molar-refractivity contribution in [2.24, 2.45) is 11.8 Å². The molecule has 4 heteroatoms. The Kier molecular flexibility index (Phi) is 3.90. The van der Waals surface area contributed by atoms with Crippen LogP contribution in [-0.4, -0.2) is 24.2 Å². The Balaban J connectivity index is 1.85. The summed E-state index contributed by atoms with van der Waals surface area (Å²) in [6, 6.07) is 6.79. The van der Waals surface area contributed by atoms with E-state index in [1.807, 2.05) is 19.9 Å². The highest BCUT2D eigenvalue weighted by Gasteiger charge is 2.42. The molecule has 19 heavy (non-hydrogen) atoms. The molecule has 2 N–H and O–H groups in total. The Morgan fingerprint density at radius 1 is 1.47 bits per heavy atom. The molecular formula is C15H20FNO2. The molecule has 0 amide bonds. The van der Waals surface area contributed by atoms with Gasteiger partial charge >= 0.3 is 5.97 Å². The first kappa shape index (κ1) is 14.0. The molecule has 1 aromatic carbocycles. The lowest BCUT2D eigenvalue weighted by molar-refractivity contribution is -0.138. The summed E-state index contributed by atoms with van der Waals surface area (Å²) >= 11 is 0. The van der Waals surface area contributed by atoms with Crippen molar-refractivity contribution >= 4 is 5.97 Å². The molecule has 0 radical (unpaired) electrons. The second kappa shape index (κ2) is 5.29. The van der Waals surface area contributed by atoms with E-state index in [0.29, 0.717) is 18.7 Å². The van der Waals surface area contributed by atoms with Gasteiger partial charge in [0.1, 0.15) is 5.82 Å². The molecule has 0 aromatic heterocycles. The van der Waals surface area contributed by atoms with Crippen LogP contribution in [0.15, 0.2) is 24.3 Å². The predicted octanol–water partition coefficient (Wildman–Crippen LogP) is 2.41. The van der Waals surface area contributed by atoms with Crippen molar-refractivity contribution in [3.8, 4) is 0 Å². The average Bonchev–Trinajstić information content (AvgIpc) is 3.09. The van der Waals surface area contributed by atoms with Crippen LogP contribution < -0.4 is 5.32 Å². The van der Waals surface area contributed by atoms with Crippen LogP contribution in [0.5, 0.6) is 0 Å². The molecular weight excluding hydrogens is 245 g/mol. The monoisotopic (exact) mass is 265 g/mol. The number of rotatable bonds is 6. The minimum Gasteiger partial charge on any atom is -0.481 e. The molecule has 0 heterocycles. The number of aliphatic carboxylic acids is 1. The fourth-order valence-electron chi connectivity index (χ4n) is 2.45. The molecule has 0 saturated heterocycles. The molecule has 104 valence electrons. The van der Waals surface area contributed by atoms with E-state index in [1.165, 1.54) is 6.07 Å². The molecule has 1 aliphatic rings. The van der Waals surface area contributed by atoms with Crippen LogP contribution in [0.3, 0.4) is 0 Å². The Bertz CT molecular complexity index is 473. The topological polar surface area (TPSA) is 49.3 Å². The molecule has 2 rings (SSSR count). The van der Waals surface area contributed by atoms with Crippen LogP contribution in [-0.2, 0) is 10.2 Å². The Morgan fingerprint density at radius 3 is 2.74 bits per heavy atom. The molecule has 1 fully saturated rings. The summed E-state index contributed by atoms with van der Waals surface area (Å²) in [5.74, 6) is -0.859. The van der Waals surface area contributed by atoms with Gasteiger partial charge in [-0.15, -0.1) is 0 Å². The summed E-state index contributed by atoms with van der Waals surface area (Å²) in [5.41, 5.74) is 0.381. The van der Waals surface area contributed by atoms with Gasteiger partial charge in [-0.25, -0.2) is 4.39 Å². The molecule has 0 aliphatic heterocycles. The van der Waals surface area contributed by atoms with Gasteiger partial charge in [0.15, 0.2) is 0 Å². The van der Waals surface area contributed by atoms with Crippen LogP contribution in [0.2, 0.25) is 0 Å². The first-order chi connectivity index (χ1) is 8.92. The van der Waals surface area contributed by atoms with Gasteiger partial charge in [0, 0.05) is 12.0 Å². The van der Waals surface area contributed by atoms with Crippen molar-refractivity contribution in [3.05, 3.63) is 35.6 Å². The number of hydrogen-bond acceptors (Lipinski definition) is 2. The molecule has 1 aromatic rings. The lowest BCUT2D eigenvalue weighted by Gasteiger charge is -2.26. The SMILES string of the molecule is CC(C)(CNCC1CC1C(=O)O)c1ccccc1F. The van der Waals surface area contributed by atoms with Crippen molar-refractivity contribution < 1.29 is 14.3 Å². The molecule has 0 spiro atoms. The van der Waals surface area contributed by atoms with Crippen LogP contribution >= 0.6 is 0 Å². The maximum Gasteiger partial charge on any atom is 0.306 e. The van der Waals surface area contributed by atoms with Gasteiger partial charge < -0.3 is 10.4 Å². The quantitative estimate of drug-likeness (QED) is 0.830. The van der Waals surface area contributed by atoms with E-state index in [9.17, 15) is 9.18 Å². The normalized spacial score (nSPS) is 22.3. The highest BCUT2D eigenvalue weighted by molar-refractivity contribution is 5.73. The van der Waals surface area contributed by atoms with Gasteiger partial charge in [-0.2, -0.15) is 0 Å². The summed E-state index contributed by atoms with van der Waals surface area (Å²) < 4.78 is 13.7. The van der Waals surface area contributed by atoms with Gasteiger partial charge in [-0.1, -0.05) is 32.0 Å². The van der Waals surface area contributed by atoms with E-state index in [-0.39, 0.29) is 23.1 Å². The minimum atomic E-state index is -0.708. The fourth-order valence-corrected chi connectivity index (χ4v) is 2.45. The van der Waals surface area contributed by atoms with E-state index < -0.39 is 5.97 Å². The number of carbonyl (C=O) groups is 1.